The van der Waals surface area contributed by atoms with Crippen molar-refractivity contribution in [3.05, 3.63) is 267 Å². The summed E-state index contributed by atoms with van der Waals surface area (Å²) in [6.07, 6.45) is -1.60. The number of hydrogen-bond acceptors (Lipinski definition) is 20. The van der Waals surface area contributed by atoms with Gasteiger partial charge in [-0.3, -0.25) is 0 Å². The van der Waals surface area contributed by atoms with Gasteiger partial charge in [0.25, 0.3) is 0 Å². The maximum Gasteiger partial charge on any atom is 0.129 e. The molecule has 660 valence electrons. The summed E-state index contributed by atoms with van der Waals surface area (Å²) in [5, 5.41) is 49.3. The summed E-state index contributed by atoms with van der Waals surface area (Å²) in [4.78, 5) is 13.6. The van der Waals surface area contributed by atoms with Crippen LogP contribution in [0.5, 0.6) is 69.0 Å². The number of aliphatic hydroxyl groups excluding tert-OH is 3. The van der Waals surface area contributed by atoms with Gasteiger partial charge in [0, 0.05) is 148 Å². The van der Waals surface area contributed by atoms with E-state index in [1.807, 2.05) is 224 Å². The monoisotopic (exact) mass is 2260 g/mol. The number of aromatic nitrogens is 4. The fourth-order valence-corrected chi connectivity index (χ4v) is 13.7. The van der Waals surface area contributed by atoms with Crippen molar-refractivity contribution in [3.63, 3.8) is 0 Å². The van der Waals surface area contributed by atoms with E-state index in [0.717, 1.165) is 123 Å². The second-order valence-corrected chi connectivity index (χ2v) is 44.3. The molecule has 29 heteroatoms. The number of halogens is 5. The first-order chi connectivity index (χ1) is 61.5. The molecule has 1 aliphatic heterocycles. The Morgan fingerprint density at radius 1 is 0.328 bits per heavy atom. The van der Waals surface area contributed by atoms with Gasteiger partial charge in [0.05, 0.1) is 57.1 Å². The van der Waals surface area contributed by atoms with Crippen molar-refractivity contribution >= 4 is 162 Å². The summed E-state index contributed by atoms with van der Waals surface area (Å²) < 4.78 is 72.2. The molecule has 0 saturated carbocycles. The van der Waals surface area contributed by atoms with Crippen molar-refractivity contribution in [1.82, 2.24) is 35.9 Å². The Bertz CT molecular complexity index is 5480. The molecule has 24 nitrogen and oxygen atoms in total. The minimum Gasteiger partial charge on any atom is -0.490 e. The van der Waals surface area contributed by atoms with Crippen LogP contribution in [0.1, 0.15) is 0 Å². The van der Waals surface area contributed by atoms with Crippen molar-refractivity contribution in [1.29, 1.82) is 0 Å². The van der Waals surface area contributed by atoms with Gasteiger partial charge in [-0.05, 0) is 121 Å². The molecule has 125 heavy (non-hydrogen) atoms. The number of nitrogens with two attached hydrogens (primary N) is 1. The molecule has 17 rings (SSSR count). The average Bonchev–Trinajstić information content (AvgIpc) is 1.65. The Morgan fingerprint density at radius 2 is 0.552 bits per heavy atom. The smallest absolute Gasteiger partial charge is 0.129 e. The number of H-pyrrole nitrogens is 4. The third-order valence-electron chi connectivity index (χ3n) is 19.5. The first kappa shape index (κ1) is 96.4. The van der Waals surface area contributed by atoms with E-state index < -0.39 is 18.3 Å². The molecule has 0 spiro atoms. The predicted molar refractivity (Wildman–Crippen MR) is 531 cm³/mol. The van der Waals surface area contributed by atoms with Gasteiger partial charge in [-0.2, -0.15) is 0 Å². The SMILES string of the molecule is COc1ccccc1OCCN.COc1ccccc1OCCNCC(O)COc1cccc2[nH]c3ccccc3c12.COc1ccccc1OCCNCC(O)COc1cccc2[nH]c3ccccc3c12.COc1ccccc1OCCNCC(O)COc1cccc2[nH]c3ccccc3c12.II.I[I-]I.c1ccc2c(c1)[nH]c1cccc(OCC3CO3)c12. The zero-order valence-corrected chi connectivity index (χ0v) is 80.4. The average molecular weight is 2260 g/mol. The number of hydrogen-bond donors (Lipinski definition) is 11. The third-order valence-corrected chi connectivity index (χ3v) is 19.5. The van der Waals surface area contributed by atoms with E-state index in [0.29, 0.717) is 127 Å². The number of ether oxygens (including phenoxy) is 13. The zero-order valence-electron chi connectivity index (χ0n) is 69.6. The molecular formula is C96H104I5N8O16-. The van der Waals surface area contributed by atoms with Crippen LogP contribution >= 0.6 is 74.5 Å². The number of benzene rings is 12. The fraction of sp³-hybridized carbons (Fsp3) is 0.250. The van der Waals surface area contributed by atoms with E-state index in [-0.39, 0.29) is 25.9 Å². The normalized spacial score (nSPS) is 12.6. The molecule has 12 N–H and O–H groups in total. The van der Waals surface area contributed by atoms with Crippen molar-refractivity contribution in [3.8, 4) is 69.0 Å². The van der Waals surface area contributed by atoms with E-state index in [1.165, 1.54) is 5.39 Å². The Kier molecular flexibility index (Phi) is 40.7. The Hall–Kier alpha value is -9.23. The van der Waals surface area contributed by atoms with Crippen LogP contribution < -0.4 is 91.8 Å². The largest absolute Gasteiger partial charge is 0.490 e. The second kappa shape index (κ2) is 52.8. The van der Waals surface area contributed by atoms with Gasteiger partial charge in [-0.1, -0.05) is 146 Å². The van der Waals surface area contributed by atoms with Gasteiger partial charge in [0.15, 0.2) is 46.0 Å². The number of fused-ring (bicyclic) bond motifs is 12. The molecule has 1 fully saturated rings. The molecule has 4 atom stereocenters. The first-order valence-electron chi connectivity index (χ1n) is 40.5. The van der Waals surface area contributed by atoms with Crippen LogP contribution in [-0.2, 0) is 4.74 Å². The molecule has 4 aromatic heterocycles. The van der Waals surface area contributed by atoms with Crippen LogP contribution in [0.3, 0.4) is 0 Å². The van der Waals surface area contributed by atoms with Crippen LogP contribution in [0.2, 0.25) is 0 Å². The Labute approximate surface area is 779 Å². The van der Waals surface area contributed by atoms with Crippen LogP contribution in [0, 0.1) is 0 Å². The minimum absolute atomic E-state index is 0.207. The molecule has 0 aliphatic carbocycles. The van der Waals surface area contributed by atoms with Crippen molar-refractivity contribution in [2.24, 2.45) is 5.73 Å². The van der Waals surface area contributed by atoms with Gasteiger partial charge in [0.2, 0.25) is 0 Å². The van der Waals surface area contributed by atoms with Gasteiger partial charge in [0.1, 0.15) is 100 Å². The van der Waals surface area contributed by atoms with Crippen molar-refractivity contribution in [2.75, 3.05) is 134 Å². The minimum atomic E-state index is -0.628. The summed E-state index contributed by atoms with van der Waals surface area (Å²) >= 11 is 9.54. The molecular weight excluding hydrogens is 2160 g/mol. The van der Waals surface area contributed by atoms with E-state index in [9.17, 15) is 15.3 Å². The van der Waals surface area contributed by atoms with Gasteiger partial charge in [-0.25, -0.2) is 0 Å². The van der Waals surface area contributed by atoms with Crippen LogP contribution in [0.15, 0.2) is 267 Å². The van der Waals surface area contributed by atoms with E-state index in [2.05, 4.69) is 153 Å². The standard InChI is InChI=1S/3C24H26N2O4.C15H13NO2.C9H13NO2.I3.I2/c3*1-28-21-10-4-5-11-22(21)29-14-13-25-15-17(27)16-30-23-12-6-9-20-24(23)18-7-2-3-8-19(18)26-20;1-2-5-12-11(4-1)15-13(16-12)6-3-7-14(15)18-9-10-8-17-10;1-11-8-4-2-3-5-9(8)12-7-6-10;1-3-2;1-2/h3*2-12,17,25-27H,13-16H2,1H3;1-7,10,16H,8-9H2;2-5H,6-7,10H2,1H3;;/q;;;;;-1;. The quantitative estimate of drug-likeness (QED) is 0.00979. The molecule has 0 radical (unpaired) electrons. The molecule has 16 aromatic rings. The van der Waals surface area contributed by atoms with Gasteiger partial charge < -0.3 is 119 Å². The summed E-state index contributed by atoms with van der Waals surface area (Å²) in [5.41, 5.74) is 13.8. The number of aromatic amines is 4. The summed E-state index contributed by atoms with van der Waals surface area (Å²) in [6, 6.07) is 86.7. The fourth-order valence-electron chi connectivity index (χ4n) is 13.7. The Balaban J connectivity index is 0.000000154. The summed E-state index contributed by atoms with van der Waals surface area (Å²) in [5.74, 6) is 8.95. The van der Waals surface area contributed by atoms with E-state index in [1.54, 1.807) is 28.4 Å². The number of nitrogens with one attached hydrogen (secondary N) is 7. The molecule has 0 amide bonds. The number of methoxy groups -OCH3 is 4. The van der Waals surface area contributed by atoms with E-state index in [4.69, 9.17) is 67.3 Å². The van der Waals surface area contributed by atoms with E-state index >= 15 is 0 Å². The number of aliphatic hydroxyl groups is 3. The van der Waals surface area contributed by atoms with Crippen LogP contribution in [0.25, 0.3) is 87.2 Å². The zero-order chi connectivity index (χ0) is 87.8. The van der Waals surface area contributed by atoms with Crippen LogP contribution in [0.4, 0.5) is 0 Å². The Morgan fingerprint density at radius 3 is 0.808 bits per heavy atom. The maximum atomic E-state index is 10.3. The molecule has 12 aromatic carbocycles. The molecule has 0 bridgehead atoms. The summed E-state index contributed by atoms with van der Waals surface area (Å²) in [7, 11) is 6.47. The van der Waals surface area contributed by atoms with Crippen molar-refractivity contribution < 1.29 is 90.2 Å². The number of epoxide rings is 1. The third kappa shape index (κ3) is 28.6. The number of rotatable bonds is 37. The first-order valence-corrected chi connectivity index (χ1v) is 59.4. The summed E-state index contributed by atoms with van der Waals surface area (Å²) in [6.45, 7) is 7.59. The molecule has 1 aliphatic rings. The van der Waals surface area contributed by atoms with Crippen molar-refractivity contribution in [2.45, 2.75) is 24.4 Å². The molecule has 5 heterocycles. The predicted octanol–water partition coefficient (Wildman–Crippen LogP) is 15.9. The van der Waals surface area contributed by atoms with Crippen LogP contribution in [-0.4, -0.2) is 193 Å². The second-order valence-electron chi connectivity index (χ2n) is 28.0. The topological polar surface area (TPSA) is 309 Å². The molecule has 1 saturated heterocycles. The van der Waals surface area contributed by atoms with Gasteiger partial charge >= 0.3 is 50.5 Å². The maximum absolute atomic E-state index is 10.3. The number of para-hydroxylation sites is 12. The molecule has 4 unspecified atom stereocenters. The van der Waals surface area contributed by atoms with Gasteiger partial charge in [-0.15, -0.1) is 0 Å².